The molecule has 0 aliphatic heterocycles. The molecule has 0 saturated carbocycles. The van der Waals surface area contributed by atoms with Gasteiger partial charge in [-0.15, -0.1) is 0 Å². The van der Waals surface area contributed by atoms with E-state index in [-0.39, 0.29) is 0 Å². The maximum absolute atomic E-state index is 8.82. The number of hydrogen-bond acceptors (Lipinski definition) is 1. The monoisotopic (exact) mass is 260 g/mol. The lowest BCUT2D eigenvalue weighted by atomic mass is 10.1. The van der Waals surface area contributed by atoms with Crippen LogP contribution in [-0.2, 0) is 13.0 Å². The summed E-state index contributed by atoms with van der Waals surface area (Å²) < 4.78 is 2.25. The van der Waals surface area contributed by atoms with E-state index in [0.29, 0.717) is 5.56 Å². The van der Waals surface area contributed by atoms with Gasteiger partial charge < -0.3 is 4.57 Å². The molecule has 0 spiro atoms. The highest BCUT2D eigenvalue weighted by atomic mass is 14.9. The second-order valence-electron chi connectivity index (χ2n) is 5.00. The predicted octanol–water partition coefficient (Wildman–Crippen LogP) is 4.12. The number of benzene rings is 2. The van der Waals surface area contributed by atoms with Crippen LogP contribution in [0, 0.1) is 11.3 Å². The van der Waals surface area contributed by atoms with Gasteiger partial charge in [-0.25, -0.2) is 0 Å². The van der Waals surface area contributed by atoms with Crippen molar-refractivity contribution >= 4 is 10.9 Å². The summed E-state index contributed by atoms with van der Waals surface area (Å²) in [5.74, 6) is 0. The van der Waals surface area contributed by atoms with Crippen LogP contribution in [-0.4, -0.2) is 4.57 Å². The first-order valence-electron chi connectivity index (χ1n) is 6.87. The van der Waals surface area contributed by atoms with Gasteiger partial charge in [0, 0.05) is 18.3 Å². The summed E-state index contributed by atoms with van der Waals surface area (Å²) in [5.41, 5.74) is 4.54. The molecule has 0 N–H and O–H groups in total. The van der Waals surface area contributed by atoms with Crippen LogP contribution >= 0.6 is 0 Å². The molecule has 0 aliphatic rings. The van der Waals surface area contributed by atoms with Gasteiger partial charge in [0.1, 0.15) is 0 Å². The van der Waals surface area contributed by atoms with Crippen molar-refractivity contribution in [2.45, 2.75) is 19.9 Å². The van der Waals surface area contributed by atoms with E-state index in [1.807, 2.05) is 24.3 Å². The second-order valence-corrected chi connectivity index (χ2v) is 5.00. The van der Waals surface area contributed by atoms with Gasteiger partial charge in [0.25, 0.3) is 0 Å². The lowest BCUT2D eigenvalue weighted by Crippen LogP contribution is -1.97. The number of nitrogens with zero attached hydrogens (tertiary/aromatic N) is 2. The van der Waals surface area contributed by atoms with Crippen LogP contribution in [0.15, 0.2) is 54.7 Å². The molecule has 0 fully saturated rings. The van der Waals surface area contributed by atoms with E-state index < -0.39 is 0 Å². The fourth-order valence-corrected chi connectivity index (χ4v) is 2.49. The molecule has 20 heavy (non-hydrogen) atoms. The molecule has 3 rings (SSSR count). The molecule has 0 bridgehead atoms. The average molecular weight is 260 g/mol. The molecule has 0 saturated heterocycles. The summed E-state index contributed by atoms with van der Waals surface area (Å²) in [6, 6.07) is 18.7. The fourth-order valence-electron chi connectivity index (χ4n) is 2.49. The molecular formula is C18H16N2. The van der Waals surface area contributed by atoms with Gasteiger partial charge >= 0.3 is 0 Å². The van der Waals surface area contributed by atoms with E-state index in [4.69, 9.17) is 5.26 Å². The molecule has 3 aromatic rings. The third-order valence-corrected chi connectivity index (χ3v) is 3.68. The lowest BCUT2D eigenvalue weighted by molar-refractivity contribution is 0.836. The minimum atomic E-state index is 0.707. The third kappa shape index (κ3) is 2.31. The first kappa shape index (κ1) is 12.5. The second kappa shape index (κ2) is 5.22. The van der Waals surface area contributed by atoms with E-state index >= 15 is 0 Å². The molecule has 0 atom stereocenters. The van der Waals surface area contributed by atoms with Crippen molar-refractivity contribution in [1.29, 1.82) is 5.26 Å². The Morgan fingerprint density at radius 2 is 1.75 bits per heavy atom. The average Bonchev–Trinajstić information content (AvgIpc) is 2.90. The smallest absolute Gasteiger partial charge is 0.0991 e. The molecule has 2 nitrogen and oxygen atoms in total. The molecule has 0 amide bonds. The fraction of sp³-hybridized carbons (Fsp3) is 0.167. The normalized spacial score (nSPS) is 10.6. The largest absolute Gasteiger partial charge is 0.343 e. The van der Waals surface area contributed by atoms with E-state index in [1.165, 1.54) is 22.0 Å². The summed E-state index contributed by atoms with van der Waals surface area (Å²) in [7, 11) is 0. The first-order valence-corrected chi connectivity index (χ1v) is 6.87. The standard InChI is InChI=1S/C18H16N2/c1-2-14-7-8-18-17(11-14)9-10-20(18)13-16-5-3-15(12-19)4-6-16/h3-11H,2,13H2,1H3. The minimum Gasteiger partial charge on any atom is -0.343 e. The van der Waals surface area contributed by atoms with E-state index in [9.17, 15) is 0 Å². The Kier molecular flexibility index (Phi) is 3.26. The molecule has 1 heterocycles. The van der Waals surface area contributed by atoms with Gasteiger partial charge in [-0.1, -0.05) is 25.1 Å². The molecule has 1 aromatic heterocycles. The summed E-state index contributed by atoms with van der Waals surface area (Å²) in [5, 5.41) is 10.1. The van der Waals surface area contributed by atoms with Crippen molar-refractivity contribution in [2.24, 2.45) is 0 Å². The third-order valence-electron chi connectivity index (χ3n) is 3.68. The Labute approximate surface area is 118 Å². The van der Waals surface area contributed by atoms with Gasteiger partial charge in [0.15, 0.2) is 0 Å². The Balaban J connectivity index is 1.92. The van der Waals surface area contributed by atoms with Crippen molar-refractivity contribution in [2.75, 3.05) is 0 Å². The number of nitriles is 1. The summed E-state index contributed by atoms with van der Waals surface area (Å²) in [6.07, 6.45) is 3.19. The Morgan fingerprint density at radius 3 is 2.45 bits per heavy atom. The maximum atomic E-state index is 8.82. The lowest BCUT2D eigenvalue weighted by Gasteiger charge is -2.06. The van der Waals surface area contributed by atoms with Crippen LogP contribution in [0.3, 0.4) is 0 Å². The zero-order valence-corrected chi connectivity index (χ0v) is 11.5. The number of fused-ring (bicyclic) bond motifs is 1. The van der Waals surface area contributed by atoms with Crippen molar-refractivity contribution in [3.05, 3.63) is 71.4 Å². The van der Waals surface area contributed by atoms with Gasteiger partial charge in [-0.3, -0.25) is 0 Å². The van der Waals surface area contributed by atoms with Crippen molar-refractivity contribution in [3.63, 3.8) is 0 Å². The van der Waals surface area contributed by atoms with Crippen molar-refractivity contribution in [1.82, 2.24) is 4.57 Å². The van der Waals surface area contributed by atoms with E-state index in [1.54, 1.807) is 0 Å². The number of aromatic nitrogens is 1. The predicted molar refractivity (Wildman–Crippen MR) is 81.6 cm³/mol. The highest BCUT2D eigenvalue weighted by Crippen LogP contribution is 2.19. The van der Waals surface area contributed by atoms with Crippen LogP contribution in [0.25, 0.3) is 10.9 Å². The number of aryl methyl sites for hydroxylation is 1. The molecule has 0 unspecified atom stereocenters. The van der Waals surface area contributed by atoms with Crippen LogP contribution in [0.1, 0.15) is 23.6 Å². The number of hydrogen-bond donors (Lipinski definition) is 0. The molecule has 98 valence electrons. The van der Waals surface area contributed by atoms with Crippen LogP contribution in [0.2, 0.25) is 0 Å². The van der Waals surface area contributed by atoms with Crippen LogP contribution < -0.4 is 0 Å². The zero-order valence-electron chi connectivity index (χ0n) is 11.5. The molecule has 0 aliphatic carbocycles. The first-order chi connectivity index (χ1) is 9.80. The summed E-state index contributed by atoms with van der Waals surface area (Å²) >= 11 is 0. The molecule has 2 aromatic carbocycles. The Hall–Kier alpha value is -2.53. The van der Waals surface area contributed by atoms with Crippen molar-refractivity contribution in [3.8, 4) is 6.07 Å². The van der Waals surface area contributed by atoms with Gasteiger partial charge in [0.05, 0.1) is 11.6 Å². The van der Waals surface area contributed by atoms with Gasteiger partial charge in [-0.05, 0) is 53.3 Å². The Morgan fingerprint density at radius 1 is 1.00 bits per heavy atom. The quantitative estimate of drug-likeness (QED) is 0.696. The molecule has 0 radical (unpaired) electrons. The zero-order chi connectivity index (χ0) is 13.9. The van der Waals surface area contributed by atoms with Gasteiger partial charge in [0.2, 0.25) is 0 Å². The van der Waals surface area contributed by atoms with E-state index in [0.717, 1.165) is 13.0 Å². The Bertz CT molecular complexity index is 773. The van der Waals surface area contributed by atoms with Crippen molar-refractivity contribution < 1.29 is 0 Å². The summed E-state index contributed by atoms with van der Waals surface area (Å²) in [4.78, 5) is 0. The number of rotatable bonds is 3. The van der Waals surface area contributed by atoms with Crippen LogP contribution in [0.5, 0.6) is 0 Å². The maximum Gasteiger partial charge on any atom is 0.0991 e. The minimum absolute atomic E-state index is 0.707. The molecule has 2 heteroatoms. The van der Waals surface area contributed by atoms with Crippen LogP contribution in [0.4, 0.5) is 0 Å². The van der Waals surface area contributed by atoms with Gasteiger partial charge in [-0.2, -0.15) is 5.26 Å². The molecular weight excluding hydrogens is 244 g/mol. The SMILES string of the molecule is CCc1ccc2c(ccn2Cc2ccc(C#N)cc2)c1. The topological polar surface area (TPSA) is 28.7 Å². The highest BCUT2D eigenvalue weighted by molar-refractivity contribution is 5.81. The highest BCUT2D eigenvalue weighted by Gasteiger charge is 2.03. The summed E-state index contributed by atoms with van der Waals surface area (Å²) in [6.45, 7) is 3.01. The van der Waals surface area contributed by atoms with E-state index in [2.05, 4.69) is 48.0 Å².